The molecular formula is C12H14BrN5O. The fraction of sp³-hybridized carbons (Fsp3) is 0.250. The minimum atomic E-state index is -0.190. The van der Waals surface area contributed by atoms with Crippen LogP contribution in [0.25, 0.3) is 0 Å². The van der Waals surface area contributed by atoms with E-state index in [0.29, 0.717) is 23.2 Å². The summed E-state index contributed by atoms with van der Waals surface area (Å²) in [6.07, 6.45) is 6.83. The lowest BCUT2D eigenvalue weighted by Gasteiger charge is -2.09. The second-order valence-corrected chi connectivity index (χ2v) is 4.75. The third kappa shape index (κ3) is 2.93. The first kappa shape index (κ1) is 13.5. The van der Waals surface area contributed by atoms with Crippen LogP contribution in [0.4, 0.5) is 5.69 Å². The zero-order valence-electron chi connectivity index (χ0n) is 10.5. The topological polar surface area (TPSA) is 64.7 Å². The van der Waals surface area contributed by atoms with Crippen molar-refractivity contribution in [3.05, 3.63) is 51.9 Å². The Kier molecular flexibility index (Phi) is 4.16. The van der Waals surface area contributed by atoms with Gasteiger partial charge in [-0.15, -0.1) is 6.58 Å². The van der Waals surface area contributed by atoms with Gasteiger partial charge < -0.3 is 9.88 Å². The summed E-state index contributed by atoms with van der Waals surface area (Å²) in [6, 6.07) is 0. The lowest BCUT2D eigenvalue weighted by molar-refractivity contribution is 0.648. The second kappa shape index (κ2) is 5.83. The highest BCUT2D eigenvalue weighted by molar-refractivity contribution is 9.10. The molecule has 0 saturated carbocycles. The molecule has 2 heterocycles. The van der Waals surface area contributed by atoms with Crippen LogP contribution in [0.5, 0.6) is 0 Å². The van der Waals surface area contributed by atoms with Crippen LogP contribution in [-0.2, 0) is 20.1 Å². The van der Waals surface area contributed by atoms with Crippen molar-refractivity contribution in [3.8, 4) is 0 Å². The van der Waals surface area contributed by atoms with Gasteiger partial charge in [-0.1, -0.05) is 6.08 Å². The van der Waals surface area contributed by atoms with E-state index in [1.807, 2.05) is 17.8 Å². The monoisotopic (exact) mass is 323 g/mol. The molecule has 0 aliphatic heterocycles. The van der Waals surface area contributed by atoms with Crippen LogP contribution in [0, 0.1) is 0 Å². The van der Waals surface area contributed by atoms with E-state index in [1.165, 1.54) is 4.68 Å². The fourth-order valence-corrected chi connectivity index (χ4v) is 2.03. The average Bonchev–Trinajstić information content (AvgIpc) is 2.80. The summed E-state index contributed by atoms with van der Waals surface area (Å²) in [7, 11) is 1.92. The molecule has 0 fully saturated rings. The van der Waals surface area contributed by atoms with Crippen LogP contribution < -0.4 is 10.9 Å². The Hall–Kier alpha value is -1.89. The Morgan fingerprint density at radius 3 is 3.00 bits per heavy atom. The zero-order valence-corrected chi connectivity index (χ0v) is 12.1. The van der Waals surface area contributed by atoms with Gasteiger partial charge >= 0.3 is 0 Å². The van der Waals surface area contributed by atoms with Gasteiger partial charge in [0.05, 0.1) is 25.0 Å². The van der Waals surface area contributed by atoms with Crippen molar-refractivity contribution in [3.63, 3.8) is 0 Å². The number of imidazole rings is 1. The highest BCUT2D eigenvalue weighted by Crippen LogP contribution is 2.16. The highest BCUT2D eigenvalue weighted by Gasteiger charge is 2.08. The SMILES string of the molecule is C=CCn1ncc(NCc2nccn2C)c(Br)c1=O. The van der Waals surface area contributed by atoms with Gasteiger partial charge in [-0.05, 0) is 15.9 Å². The molecule has 0 aromatic carbocycles. The summed E-state index contributed by atoms with van der Waals surface area (Å²) in [5.74, 6) is 0.877. The van der Waals surface area contributed by atoms with E-state index < -0.39 is 0 Å². The van der Waals surface area contributed by atoms with E-state index in [-0.39, 0.29) is 5.56 Å². The number of rotatable bonds is 5. The maximum Gasteiger partial charge on any atom is 0.283 e. The highest BCUT2D eigenvalue weighted by atomic mass is 79.9. The van der Waals surface area contributed by atoms with Crippen molar-refractivity contribution in [1.29, 1.82) is 0 Å². The molecule has 0 atom stereocenters. The number of hydrogen-bond acceptors (Lipinski definition) is 4. The van der Waals surface area contributed by atoms with Gasteiger partial charge in [0.2, 0.25) is 0 Å². The largest absolute Gasteiger partial charge is 0.375 e. The molecule has 0 amide bonds. The van der Waals surface area contributed by atoms with Gasteiger partial charge in [-0.3, -0.25) is 4.79 Å². The van der Waals surface area contributed by atoms with E-state index in [2.05, 4.69) is 37.9 Å². The molecule has 0 radical (unpaired) electrons. The number of anilines is 1. The molecule has 2 aromatic heterocycles. The molecule has 19 heavy (non-hydrogen) atoms. The number of nitrogens with zero attached hydrogens (tertiary/aromatic N) is 4. The normalized spacial score (nSPS) is 10.4. The van der Waals surface area contributed by atoms with Crippen molar-refractivity contribution < 1.29 is 0 Å². The molecule has 0 bridgehead atoms. The number of hydrogen-bond donors (Lipinski definition) is 1. The molecule has 0 aliphatic carbocycles. The van der Waals surface area contributed by atoms with Gasteiger partial charge in [0.15, 0.2) is 0 Å². The Morgan fingerprint density at radius 2 is 2.37 bits per heavy atom. The van der Waals surface area contributed by atoms with Crippen molar-refractivity contribution in [2.45, 2.75) is 13.1 Å². The fourth-order valence-electron chi connectivity index (χ4n) is 1.58. The van der Waals surface area contributed by atoms with Gasteiger partial charge in [-0.25, -0.2) is 9.67 Å². The maximum atomic E-state index is 12.0. The Labute approximate surface area is 118 Å². The molecule has 6 nitrogen and oxygen atoms in total. The Bertz CT molecular complexity index is 646. The van der Waals surface area contributed by atoms with Crippen molar-refractivity contribution >= 4 is 21.6 Å². The summed E-state index contributed by atoms with van der Waals surface area (Å²) in [6.45, 7) is 4.50. The minimum Gasteiger partial charge on any atom is -0.375 e. The number of allylic oxidation sites excluding steroid dienone is 1. The molecule has 0 aliphatic rings. The predicted molar refractivity (Wildman–Crippen MR) is 76.9 cm³/mol. The van der Waals surface area contributed by atoms with Crippen LogP contribution in [0.15, 0.2) is 40.5 Å². The molecule has 0 unspecified atom stereocenters. The van der Waals surface area contributed by atoms with Crippen molar-refractivity contribution in [2.24, 2.45) is 7.05 Å². The molecule has 0 spiro atoms. The van der Waals surface area contributed by atoms with Crippen LogP contribution >= 0.6 is 15.9 Å². The van der Waals surface area contributed by atoms with E-state index >= 15 is 0 Å². The van der Waals surface area contributed by atoms with Crippen molar-refractivity contribution in [1.82, 2.24) is 19.3 Å². The third-order valence-electron chi connectivity index (χ3n) is 2.64. The molecular weight excluding hydrogens is 310 g/mol. The molecule has 2 aromatic rings. The van der Waals surface area contributed by atoms with Gasteiger partial charge in [-0.2, -0.15) is 5.10 Å². The lowest BCUT2D eigenvalue weighted by atomic mass is 10.4. The van der Waals surface area contributed by atoms with E-state index in [9.17, 15) is 4.79 Å². The number of aromatic nitrogens is 4. The molecule has 0 saturated heterocycles. The van der Waals surface area contributed by atoms with Crippen LogP contribution in [0.2, 0.25) is 0 Å². The predicted octanol–water partition coefficient (Wildman–Crippen LogP) is 1.54. The minimum absolute atomic E-state index is 0.190. The van der Waals surface area contributed by atoms with Crippen LogP contribution in [0.1, 0.15) is 5.82 Å². The molecule has 100 valence electrons. The van der Waals surface area contributed by atoms with Gasteiger partial charge in [0, 0.05) is 19.4 Å². The number of halogens is 1. The first-order chi connectivity index (χ1) is 9.13. The quantitative estimate of drug-likeness (QED) is 0.848. The van der Waals surface area contributed by atoms with Crippen LogP contribution in [0.3, 0.4) is 0 Å². The molecule has 2 rings (SSSR count). The smallest absolute Gasteiger partial charge is 0.283 e. The summed E-state index contributed by atoms with van der Waals surface area (Å²) in [5.41, 5.74) is 0.457. The third-order valence-corrected chi connectivity index (χ3v) is 3.41. The van der Waals surface area contributed by atoms with Gasteiger partial charge in [0.1, 0.15) is 10.3 Å². The van der Waals surface area contributed by atoms with E-state index in [1.54, 1.807) is 18.5 Å². The molecule has 7 heteroatoms. The zero-order chi connectivity index (χ0) is 13.8. The maximum absolute atomic E-state index is 12.0. The standard InChI is InChI=1S/C12H14BrN5O/c1-3-5-18-12(19)11(13)9(7-16-18)15-8-10-14-4-6-17(10)2/h3-4,6-7,15H,1,5,8H2,2H3. The van der Waals surface area contributed by atoms with Crippen molar-refractivity contribution in [2.75, 3.05) is 5.32 Å². The summed E-state index contributed by atoms with van der Waals surface area (Å²) < 4.78 is 3.70. The Balaban J connectivity index is 2.18. The van der Waals surface area contributed by atoms with E-state index in [0.717, 1.165) is 5.82 Å². The van der Waals surface area contributed by atoms with Crippen LogP contribution in [-0.4, -0.2) is 19.3 Å². The average molecular weight is 324 g/mol. The molecule has 1 N–H and O–H groups in total. The second-order valence-electron chi connectivity index (χ2n) is 3.96. The first-order valence-corrected chi connectivity index (χ1v) is 6.49. The number of nitrogens with one attached hydrogen (secondary N) is 1. The number of aryl methyl sites for hydroxylation is 1. The summed E-state index contributed by atoms with van der Waals surface area (Å²) in [4.78, 5) is 16.2. The van der Waals surface area contributed by atoms with Gasteiger partial charge in [0.25, 0.3) is 5.56 Å². The van der Waals surface area contributed by atoms with E-state index in [4.69, 9.17) is 0 Å². The Morgan fingerprint density at radius 1 is 1.58 bits per heavy atom. The summed E-state index contributed by atoms with van der Waals surface area (Å²) in [5, 5.41) is 7.20. The lowest BCUT2D eigenvalue weighted by Crippen LogP contribution is -2.24. The first-order valence-electron chi connectivity index (χ1n) is 5.70. The summed E-state index contributed by atoms with van der Waals surface area (Å²) >= 11 is 3.29.